The second kappa shape index (κ2) is 7.46. The third kappa shape index (κ3) is 5.76. The largest absolute Gasteiger partial charge is 0.444 e. The molecule has 0 radical (unpaired) electrons. The molecule has 118 valence electrons. The molecule has 1 unspecified atom stereocenters. The van der Waals surface area contributed by atoms with Crippen molar-refractivity contribution in [1.29, 1.82) is 0 Å². The molecule has 2 atom stereocenters. The van der Waals surface area contributed by atoms with Crippen molar-refractivity contribution in [3.8, 4) is 0 Å². The smallest absolute Gasteiger partial charge is 0.410 e. The van der Waals surface area contributed by atoms with E-state index in [9.17, 15) is 9.90 Å². The molecule has 1 heterocycles. The van der Waals surface area contributed by atoms with Crippen molar-refractivity contribution in [2.75, 3.05) is 6.54 Å². The van der Waals surface area contributed by atoms with Gasteiger partial charge in [0.05, 0.1) is 12.1 Å². The fraction of sp³-hybridized carbons (Fsp3) is 0.588. The van der Waals surface area contributed by atoms with E-state index in [0.717, 1.165) is 5.57 Å². The highest BCUT2D eigenvalue weighted by molar-refractivity contribution is 5.69. The lowest BCUT2D eigenvalue weighted by molar-refractivity contribution is -0.00135. The van der Waals surface area contributed by atoms with E-state index in [-0.39, 0.29) is 12.1 Å². The predicted molar refractivity (Wildman–Crippen MR) is 85.1 cm³/mol. The van der Waals surface area contributed by atoms with Crippen LogP contribution in [0.2, 0.25) is 0 Å². The topological polar surface area (TPSA) is 49.8 Å². The SMILES string of the molecule is C=C(/C=C\C=C/C)[C@@H]1CC(O)CCN1C(=O)OC(C)(C)C. The number of aliphatic hydroxyl groups is 1. The fourth-order valence-electron chi connectivity index (χ4n) is 2.24. The van der Waals surface area contributed by atoms with Gasteiger partial charge in [0.1, 0.15) is 5.60 Å². The number of amides is 1. The molecule has 1 amide bonds. The summed E-state index contributed by atoms with van der Waals surface area (Å²) >= 11 is 0. The Bertz CT molecular complexity index is 432. The maximum Gasteiger partial charge on any atom is 0.410 e. The number of aliphatic hydroxyl groups excluding tert-OH is 1. The fourth-order valence-corrected chi connectivity index (χ4v) is 2.24. The first-order chi connectivity index (χ1) is 9.74. The van der Waals surface area contributed by atoms with E-state index in [2.05, 4.69) is 6.58 Å². The highest BCUT2D eigenvalue weighted by atomic mass is 16.6. The van der Waals surface area contributed by atoms with Crippen LogP contribution in [0.25, 0.3) is 0 Å². The Balaban J connectivity index is 2.84. The van der Waals surface area contributed by atoms with E-state index in [1.165, 1.54) is 0 Å². The second-order valence-corrected chi connectivity index (χ2v) is 6.33. The Morgan fingerprint density at radius 1 is 1.38 bits per heavy atom. The van der Waals surface area contributed by atoms with Gasteiger partial charge in [-0.3, -0.25) is 0 Å². The lowest BCUT2D eigenvalue weighted by Gasteiger charge is -2.39. The number of hydrogen-bond donors (Lipinski definition) is 1. The number of likely N-dealkylation sites (tertiary alicyclic amines) is 1. The molecule has 1 N–H and O–H groups in total. The molecule has 0 saturated carbocycles. The van der Waals surface area contributed by atoms with Gasteiger partial charge in [0, 0.05) is 6.54 Å². The molecule has 1 rings (SSSR count). The zero-order chi connectivity index (χ0) is 16.0. The van der Waals surface area contributed by atoms with Gasteiger partial charge < -0.3 is 14.7 Å². The average Bonchev–Trinajstić information content (AvgIpc) is 2.36. The monoisotopic (exact) mass is 293 g/mol. The molecular weight excluding hydrogens is 266 g/mol. The van der Waals surface area contributed by atoms with Crippen molar-refractivity contribution in [2.24, 2.45) is 0 Å². The minimum absolute atomic E-state index is 0.217. The van der Waals surface area contributed by atoms with Gasteiger partial charge >= 0.3 is 6.09 Å². The lowest BCUT2D eigenvalue weighted by Crippen LogP contribution is -2.49. The third-order valence-electron chi connectivity index (χ3n) is 3.24. The molecule has 1 aliphatic heterocycles. The molecule has 1 saturated heterocycles. The highest BCUT2D eigenvalue weighted by Crippen LogP contribution is 2.25. The molecule has 0 bridgehead atoms. The van der Waals surface area contributed by atoms with E-state index in [4.69, 9.17) is 4.74 Å². The van der Waals surface area contributed by atoms with Gasteiger partial charge in [0.25, 0.3) is 0 Å². The molecule has 0 aromatic heterocycles. The van der Waals surface area contributed by atoms with Crippen LogP contribution < -0.4 is 0 Å². The van der Waals surface area contributed by atoms with Crippen molar-refractivity contribution >= 4 is 6.09 Å². The summed E-state index contributed by atoms with van der Waals surface area (Å²) in [6, 6.07) is -0.217. The summed E-state index contributed by atoms with van der Waals surface area (Å²) in [4.78, 5) is 14.0. The van der Waals surface area contributed by atoms with Crippen molar-refractivity contribution in [2.45, 2.75) is 58.3 Å². The van der Waals surface area contributed by atoms with Crippen LogP contribution in [0.15, 0.2) is 36.5 Å². The summed E-state index contributed by atoms with van der Waals surface area (Å²) in [5, 5.41) is 9.87. The van der Waals surface area contributed by atoms with Gasteiger partial charge in [-0.2, -0.15) is 0 Å². The Hall–Kier alpha value is -1.55. The Labute approximate surface area is 127 Å². The third-order valence-corrected chi connectivity index (χ3v) is 3.24. The van der Waals surface area contributed by atoms with Gasteiger partial charge in [-0.25, -0.2) is 4.79 Å². The van der Waals surface area contributed by atoms with E-state index in [1.54, 1.807) is 4.90 Å². The van der Waals surface area contributed by atoms with Gasteiger partial charge in [-0.05, 0) is 46.1 Å². The predicted octanol–water partition coefficient (Wildman–Crippen LogP) is 3.44. The molecule has 0 aromatic carbocycles. The van der Waals surface area contributed by atoms with Crippen LogP contribution in [0.4, 0.5) is 4.79 Å². The number of ether oxygens (including phenoxy) is 1. The van der Waals surface area contributed by atoms with Crippen LogP contribution in [0.1, 0.15) is 40.5 Å². The number of rotatable bonds is 3. The second-order valence-electron chi connectivity index (χ2n) is 6.33. The number of allylic oxidation sites excluding steroid dienone is 3. The van der Waals surface area contributed by atoms with Crippen LogP contribution in [0.5, 0.6) is 0 Å². The van der Waals surface area contributed by atoms with Crippen LogP contribution in [-0.2, 0) is 4.74 Å². The summed E-state index contributed by atoms with van der Waals surface area (Å²) in [6.45, 7) is 12.0. The molecule has 0 aromatic rings. The average molecular weight is 293 g/mol. The van der Waals surface area contributed by atoms with Crippen molar-refractivity contribution in [3.63, 3.8) is 0 Å². The molecule has 21 heavy (non-hydrogen) atoms. The van der Waals surface area contributed by atoms with Crippen LogP contribution in [0, 0.1) is 0 Å². The minimum atomic E-state index is -0.528. The highest BCUT2D eigenvalue weighted by Gasteiger charge is 2.34. The number of hydrogen-bond acceptors (Lipinski definition) is 3. The van der Waals surface area contributed by atoms with Gasteiger partial charge in [0.15, 0.2) is 0 Å². The van der Waals surface area contributed by atoms with Crippen LogP contribution in [-0.4, -0.2) is 40.4 Å². The molecule has 1 fully saturated rings. The maximum absolute atomic E-state index is 12.3. The first-order valence-corrected chi connectivity index (χ1v) is 7.40. The summed E-state index contributed by atoms with van der Waals surface area (Å²) in [5.41, 5.74) is 0.275. The number of carbonyl (C=O) groups is 1. The summed E-state index contributed by atoms with van der Waals surface area (Å²) in [7, 11) is 0. The van der Waals surface area contributed by atoms with E-state index in [0.29, 0.717) is 19.4 Å². The van der Waals surface area contributed by atoms with E-state index < -0.39 is 11.7 Å². The lowest BCUT2D eigenvalue weighted by atomic mass is 9.94. The van der Waals surface area contributed by atoms with Crippen LogP contribution >= 0.6 is 0 Å². The van der Waals surface area contributed by atoms with Crippen molar-refractivity contribution < 1.29 is 14.6 Å². The van der Waals surface area contributed by atoms with Crippen molar-refractivity contribution in [3.05, 3.63) is 36.5 Å². The summed E-state index contributed by atoms with van der Waals surface area (Å²) in [6.07, 6.45) is 7.91. The Morgan fingerprint density at radius 2 is 2.05 bits per heavy atom. The minimum Gasteiger partial charge on any atom is -0.444 e. The quantitative estimate of drug-likeness (QED) is 0.811. The Kier molecular flexibility index (Phi) is 6.21. The van der Waals surface area contributed by atoms with Gasteiger partial charge in [-0.15, -0.1) is 0 Å². The number of piperidine rings is 1. The standard InChI is InChI=1S/C17H27NO3/c1-6-7-8-9-13(2)15-12-14(19)10-11-18(15)16(20)21-17(3,4)5/h6-9,14-15,19H,2,10-12H2,1,3-5H3/b7-6-,9-8-/t14?,15-/m0/s1. The molecule has 4 heteroatoms. The molecule has 0 spiro atoms. The zero-order valence-corrected chi connectivity index (χ0v) is 13.5. The number of nitrogens with zero attached hydrogens (tertiary/aromatic N) is 1. The van der Waals surface area contributed by atoms with E-state index >= 15 is 0 Å². The summed E-state index contributed by atoms with van der Waals surface area (Å²) in [5.74, 6) is 0. The molecule has 0 aliphatic carbocycles. The first kappa shape index (κ1) is 17.5. The van der Waals surface area contributed by atoms with E-state index in [1.807, 2.05) is 52.0 Å². The normalized spacial score (nSPS) is 23.8. The zero-order valence-electron chi connectivity index (χ0n) is 13.5. The van der Waals surface area contributed by atoms with Gasteiger partial charge in [-0.1, -0.05) is 30.9 Å². The first-order valence-electron chi connectivity index (χ1n) is 7.40. The number of carbonyl (C=O) groups excluding carboxylic acids is 1. The molecule has 4 nitrogen and oxygen atoms in total. The van der Waals surface area contributed by atoms with Gasteiger partial charge in [0.2, 0.25) is 0 Å². The molecule has 1 aliphatic rings. The van der Waals surface area contributed by atoms with Crippen molar-refractivity contribution in [1.82, 2.24) is 4.90 Å². The Morgan fingerprint density at radius 3 is 2.62 bits per heavy atom. The van der Waals surface area contributed by atoms with Crippen LogP contribution in [0.3, 0.4) is 0 Å². The summed E-state index contributed by atoms with van der Waals surface area (Å²) < 4.78 is 5.44. The molecular formula is C17H27NO3. The maximum atomic E-state index is 12.3.